The molecule has 1 atom stereocenters. The molecule has 1 unspecified atom stereocenters. The summed E-state index contributed by atoms with van der Waals surface area (Å²) in [6, 6.07) is 6.71. The van der Waals surface area contributed by atoms with Crippen molar-refractivity contribution in [3.8, 4) is 0 Å². The van der Waals surface area contributed by atoms with Crippen LogP contribution in [0.15, 0.2) is 24.3 Å². The van der Waals surface area contributed by atoms with Gasteiger partial charge in [0.05, 0.1) is 0 Å². The Morgan fingerprint density at radius 1 is 1.24 bits per heavy atom. The minimum absolute atomic E-state index is 0.0313. The minimum atomic E-state index is -0.357. The third kappa shape index (κ3) is 3.47. The van der Waals surface area contributed by atoms with Gasteiger partial charge >= 0.3 is 6.03 Å². The first-order valence-electron chi connectivity index (χ1n) is 7.27. The molecule has 2 fully saturated rings. The summed E-state index contributed by atoms with van der Waals surface area (Å²) in [7, 11) is 0. The van der Waals surface area contributed by atoms with Gasteiger partial charge in [0.15, 0.2) is 0 Å². The number of halogens is 1. The van der Waals surface area contributed by atoms with Crippen molar-refractivity contribution in [1.82, 2.24) is 10.2 Å². The lowest BCUT2D eigenvalue weighted by atomic mass is 10.2. The lowest BCUT2D eigenvalue weighted by Gasteiger charge is -2.24. The largest absolute Gasteiger partial charge is 0.352 e. The molecule has 1 saturated heterocycles. The van der Waals surface area contributed by atoms with Crippen LogP contribution < -0.4 is 10.6 Å². The number of nitrogens with one attached hydrogen (secondary N) is 2. The van der Waals surface area contributed by atoms with Crippen molar-refractivity contribution < 1.29 is 9.59 Å². The van der Waals surface area contributed by atoms with Crippen LogP contribution in [0, 0.1) is 0 Å². The van der Waals surface area contributed by atoms with E-state index in [1.165, 1.54) is 0 Å². The van der Waals surface area contributed by atoms with Gasteiger partial charge in [-0.25, -0.2) is 4.79 Å². The summed E-state index contributed by atoms with van der Waals surface area (Å²) >= 11 is 5.90. The smallest absolute Gasteiger partial charge is 0.322 e. The van der Waals surface area contributed by atoms with Gasteiger partial charge in [-0.05, 0) is 43.9 Å². The summed E-state index contributed by atoms with van der Waals surface area (Å²) in [6.45, 7) is 0.606. The summed E-state index contributed by atoms with van der Waals surface area (Å²) in [5.41, 5.74) is 0.640. The van der Waals surface area contributed by atoms with E-state index in [-0.39, 0.29) is 18.0 Å². The number of benzene rings is 1. The van der Waals surface area contributed by atoms with E-state index in [1.54, 1.807) is 29.2 Å². The number of likely N-dealkylation sites (tertiary alicyclic amines) is 1. The van der Waals surface area contributed by atoms with E-state index < -0.39 is 0 Å². The first-order valence-corrected chi connectivity index (χ1v) is 7.65. The molecule has 1 aliphatic heterocycles. The molecular weight excluding hydrogens is 290 g/mol. The van der Waals surface area contributed by atoms with Crippen molar-refractivity contribution in [3.63, 3.8) is 0 Å². The van der Waals surface area contributed by atoms with Crippen LogP contribution in [0.4, 0.5) is 10.5 Å². The monoisotopic (exact) mass is 307 g/mol. The number of rotatable bonds is 3. The van der Waals surface area contributed by atoms with Gasteiger partial charge in [0.25, 0.3) is 0 Å². The summed E-state index contributed by atoms with van der Waals surface area (Å²) < 4.78 is 0. The van der Waals surface area contributed by atoms with Gasteiger partial charge in [-0.3, -0.25) is 4.79 Å². The molecule has 112 valence electrons. The highest BCUT2D eigenvalue weighted by atomic mass is 35.5. The van der Waals surface area contributed by atoms with Gasteiger partial charge < -0.3 is 15.5 Å². The highest BCUT2D eigenvalue weighted by Gasteiger charge is 2.36. The average Bonchev–Trinajstić information content (AvgIpc) is 3.11. The van der Waals surface area contributed by atoms with Crippen LogP contribution in [0.2, 0.25) is 5.02 Å². The first-order chi connectivity index (χ1) is 10.1. The standard InChI is InChI=1S/C15H18ClN3O2/c16-10-3-1-4-12(9-10)18-15(21)19-8-2-5-13(19)14(20)17-11-6-7-11/h1,3-4,9,11,13H,2,5-8H2,(H,17,20)(H,18,21). The fourth-order valence-electron chi connectivity index (χ4n) is 2.57. The highest BCUT2D eigenvalue weighted by molar-refractivity contribution is 6.30. The van der Waals surface area contributed by atoms with Crippen molar-refractivity contribution in [2.75, 3.05) is 11.9 Å². The molecule has 1 aromatic carbocycles. The lowest BCUT2D eigenvalue weighted by molar-refractivity contribution is -0.124. The third-order valence-electron chi connectivity index (χ3n) is 3.82. The van der Waals surface area contributed by atoms with Crippen molar-refractivity contribution in [3.05, 3.63) is 29.3 Å². The summed E-state index contributed by atoms with van der Waals surface area (Å²) in [4.78, 5) is 26.1. The van der Waals surface area contributed by atoms with Crippen LogP contribution in [0.3, 0.4) is 0 Å². The molecule has 0 spiro atoms. The topological polar surface area (TPSA) is 61.4 Å². The molecule has 3 amide bonds. The Bertz CT molecular complexity index is 560. The quantitative estimate of drug-likeness (QED) is 0.901. The van der Waals surface area contributed by atoms with Crippen LogP contribution in [0.25, 0.3) is 0 Å². The van der Waals surface area contributed by atoms with Crippen molar-refractivity contribution in [1.29, 1.82) is 0 Å². The van der Waals surface area contributed by atoms with E-state index in [9.17, 15) is 9.59 Å². The molecule has 1 aromatic rings. The van der Waals surface area contributed by atoms with Gasteiger partial charge in [0.1, 0.15) is 6.04 Å². The number of carbonyl (C=O) groups is 2. The molecule has 21 heavy (non-hydrogen) atoms. The molecule has 0 bridgehead atoms. The second-order valence-electron chi connectivity index (χ2n) is 5.57. The molecule has 1 aliphatic carbocycles. The van der Waals surface area contributed by atoms with Crippen LogP contribution in [0.1, 0.15) is 25.7 Å². The predicted octanol–water partition coefficient (Wildman–Crippen LogP) is 2.61. The van der Waals surface area contributed by atoms with E-state index in [1.807, 2.05) is 0 Å². The number of nitrogens with zero attached hydrogens (tertiary/aromatic N) is 1. The first kappa shape index (κ1) is 14.2. The van der Waals surface area contributed by atoms with E-state index in [0.717, 1.165) is 25.7 Å². The second-order valence-corrected chi connectivity index (χ2v) is 6.01. The average molecular weight is 308 g/mol. The maximum Gasteiger partial charge on any atom is 0.322 e. The van der Waals surface area contributed by atoms with E-state index >= 15 is 0 Å². The molecular formula is C15H18ClN3O2. The summed E-state index contributed by atoms with van der Waals surface area (Å²) in [5.74, 6) is -0.0313. The number of urea groups is 1. The number of carbonyl (C=O) groups excluding carboxylic acids is 2. The second kappa shape index (κ2) is 5.93. The van der Waals surface area contributed by atoms with Crippen LogP contribution in [-0.2, 0) is 4.79 Å². The number of hydrogen-bond donors (Lipinski definition) is 2. The molecule has 1 saturated carbocycles. The van der Waals surface area contributed by atoms with Crippen molar-refractivity contribution >= 4 is 29.2 Å². The van der Waals surface area contributed by atoms with Crippen molar-refractivity contribution in [2.45, 2.75) is 37.8 Å². The Labute approximate surface area is 128 Å². The fourth-order valence-corrected chi connectivity index (χ4v) is 2.76. The highest BCUT2D eigenvalue weighted by Crippen LogP contribution is 2.23. The van der Waals surface area contributed by atoms with E-state index in [0.29, 0.717) is 23.3 Å². The van der Waals surface area contributed by atoms with Gasteiger partial charge in [-0.1, -0.05) is 17.7 Å². The zero-order valence-corrected chi connectivity index (χ0v) is 12.4. The van der Waals surface area contributed by atoms with Gasteiger partial charge in [-0.2, -0.15) is 0 Å². The van der Waals surface area contributed by atoms with Gasteiger partial charge in [-0.15, -0.1) is 0 Å². The van der Waals surface area contributed by atoms with Crippen LogP contribution in [0.5, 0.6) is 0 Å². The Hall–Kier alpha value is -1.75. The maximum atomic E-state index is 12.3. The Morgan fingerprint density at radius 2 is 2.05 bits per heavy atom. The predicted molar refractivity (Wildman–Crippen MR) is 81.4 cm³/mol. The molecule has 2 aliphatic rings. The van der Waals surface area contributed by atoms with E-state index in [4.69, 9.17) is 11.6 Å². The Kier molecular flexibility index (Phi) is 4.01. The zero-order valence-electron chi connectivity index (χ0n) is 11.6. The Morgan fingerprint density at radius 3 is 2.76 bits per heavy atom. The maximum absolute atomic E-state index is 12.3. The molecule has 2 N–H and O–H groups in total. The molecule has 6 heteroatoms. The number of amides is 3. The number of anilines is 1. The normalized spacial score (nSPS) is 21.2. The third-order valence-corrected chi connectivity index (χ3v) is 4.05. The van der Waals surface area contributed by atoms with Crippen LogP contribution in [-0.4, -0.2) is 35.5 Å². The van der Waals surface area contributed by atoms with E-state index in [2.05, 4.69) is 10.6 Å². The van der Waals surface area contributed by atoms with Crippen LogP contribution >= 0.6 is 11.6 Å². The fraction of sp³-hybridized carbons (Fsp3) is 0.467. The molecule has 0 radical (unpaired) electrons. The summed E-state index contributed by atoms with van der Waals surface area (Å²) in [5, 5.41) is 6.34. The summed E-state index contributed by atoms with van der Waals surface area (Å²) in [6.07, 6.45) is 3.67. The van der Waals surface area contributed by atoms with Gasteiger partial charge in [0, 0.05) is 23.3 Å². The zero-order chi connectivity index (χ0) is 14.8. The SMILES string of the molecule is O=C(NC1CC1)C1CCCN1C(=O)Nc1cccc(Cl)c1. The molecule has 5 nitrogen and oxygen atoms in total. The minimum Gasteiger partial charge on any atom is -0.352 e. The van der Waals surface area contributed by atoms with Crippen molar-refractivity contribution in [2.24, 2.45) is 0 Å². The molecule has 3 rings (SSSR count). The molecule has 1 heterocycles. The number of hydrogen-bond acceptors (Lipinski definition) is 2. The van der Waals surface area contributed by atoms with Gasteiger partial charge in [0.2, 0.25) is 5.91 Å². The molecule has 0 aromatic heterocycles. The lowest BCUT2D eigenvalue weighted by Crippen LogP contribution is -2.47. The Balaban J connectivity index is 1.63.